The summed E-state index contributed by atoms with van der Waals surface area (Å²) in [7, 11) is 0. The number of para-hydroxylation sites is 2. The highest BCUT2D eigenvalue weighted by molar-refractivity contribution is 6.22. The molecule has 0 saturated carbocycles. The van der Waals surface area contributed by atoms with E-state index in [1.165, 1.54) is 93.5 Å². The first-order chi connectivity index (χ1) is 21.9. The van der Waals surface area contributed by atoms with Gasteiger partial charge in [0.15, 0.2) is 0 Å². The van der Waals surface area contributed by atoms with Crippen LogP contribution < -0.4 is 0 Å². The van der Waals surface area contributed by atoms with Crippen LogP contribution in [0.3, 0.4) is 0 Å². The molecule has 0 spiro atoms. The third-order valence-electron chi connectivity index (χ3n) is 11.1. The van der Waals surface area contributed by atoms with E-state index >= 15 is 0 Å². The fourth-order valence-corrected chi connectivity index (χ4v) is 8.97. The maximum Gasteiger partial charge on any atom is 0.0582 e. The average Bonchev–Trinajstić information content (AvgIpc) is 3.40. The van der Waals surface area contributed by atoms with E-state index in [0.29, 0.717) is 0 Å². The molecule has 0 amide bonds. The van der Waals surface area contributed by atoms with Gasteiger partial charge in [-0.3, -0.25) is 0 Å². The Labute approximate surface area is 263 Å². The molecule has 45 heavy (non-hydrogen) atoms. The highest BCUT2D eigenvalue weighted by Gasteiger charge is 2.43. The molecule has 0 aliphatic carbocycles. The second kappa shape index (κ2) is 8.31. The summed E-state index contributed by atoms with van der Waals surface area (Å²) in [6.07, 6.45) is 0. The average molecular weight is 576 g/mol. The molecule has 1 nitrogen and oxygen atoms in total. The molecule has 0 N–H and O–H groups in total. The van der Waals surface area contributed by atoms with Crippen molar-refractivity contribution in [2.45, 2.75) is 38.5 Å². The highest BCUT2D eigenvalue weighted by Crippen LogP contribution is 2.56. The van der Waals surface area contributed by atoms with Crippen molar-refractivity contribution < 1.29 is 0 Å². The van der Waals surface area contributed by atoms with Gasteiger partial charge in [-0.05, 0) is 78.2 Å². The summed E-state index contributed by atoms with van der Waals surface area (Å²) in [6, 6.07) is 47.9. The van der Waals surface area contributed by atoms with Gasteiger partial charge in [0.05, 0.1) is 16.7 Å². The second-order valence-corrected chi connectivity index (χ2v) is 14.1. The maximum absolute atomic E-state index is 2.62. The number of nitrogens with zero attached hydrogens (tertiary/aromatic N) is 1. The van der Waals surface area contributed by atoms with E-state index in [2.05, 4.69) is 160 Å². The normalized spacial score (nSPS) is 15.5. The molecule has 0 atom stereocenters. The lowest BCUT2D eigenvalue weighted by atomic mass is 9.67. The largest absolute Gasteiger partial charge is 0.308 e. The minimum absolute atomic E-state index is 0.160. The summed E-state index contributed by atoms with van der Waals surface area (Å²) >= 11 is 0. The number of fused-ring (bicyclic) bond motifs is 3. The molecule has 2 aliphatic heterocycles. The SMILES string of the molecule is CC1(C)c2cc(-c3c4ccccc4c(-c4ccccc4)c4ccccc34)cc3c2-n2c4c1cccc4c1cccc(c12)C3(C)C. The summed E-state index contributed by atoms with van der Waals surface area (Å²) in [4.78, 5) is 0. The monoisotopic (exact) mass is 575 g/mol. The Hall–Kier alpha value is -5.14. The molecule has 8 aromatic rings. The molecule has 2 aliphatic rings. The van der Waals surface area contributed by atoms with Gasteiger partial charge in [-0.1, -0.05) is 143 Å². The molecule has 1 heteroatoms. The minimum Gasteiger partial charge on any atom is -0.308 e. The topological polar surface area (TPSA) is 4.93 Å². The number of hydrogen-bond acceptors (Lipinski definition) is 0. The Bertz CT molecular complexity index is 2420. The van der Waals surface area contributed by atoms with Gasteiger partial charge >= 0.3 is 0 Å². The van der Waals surface area contributed by atoms with Crippen molar-refractivity contribution in [2.24, 2.45) is 0 Å². The summed E-state index contributed by atoms with van der Waals surface area (Å²) in [6.45, 7) is 9.72. The van der Waals surface area contributed by atoms with Crippen molar-refractivity contribution in [3.8, 4) is 27.9 Å². The first-order valence-corrected chi connectivity index (χ1v) is 16.1. The number of rotatable bonds is 2. The van der Waals surface area contributed by atoms with E-state index in [1.807, 2.05) is 0 Å². The molecular weight excluding hydrogens is 542 g/mol. The molecular formula is C44H33N. The van der Waals surface area contributed by atoms with Crippen LogP contribution in [0.4, 0.5) is 0 Å². The molecule has 0 radical (unpaired) electrons. The lowest BCUT2D eigenvalue weighted by molar-refractivity contribution is 0.594. The van der Waals surface area contributed by atoms with Gasteiger partial charge in [0.2, 0.25) is 0 Å². The Morgan fingerprint density at radius 2 is 0.778 bits per heavy atom. The molecule has 3 heterocycles. The van der Waals surface area contributed by atoms with Crippen LogP contribution in [0.1, 0.15) is 49.9 Å². The predicted octanol–water partition coefficient (Wildman–Crippen LogP) is 11.7. The van der Waals surface area contributed by atoms with E-state index in [0.717, 1.165) is 0 Å². The zero-order valence-corrected chi connectivity index (χ0v) is 26.1. The summed E-state index contributed by atoms with van der Waals surface area (Å²) in [5, 5.41) is 7.93. The van der Waals surface area contributed by atoms with Gasteiger partial charge in [0, 0.05) is 21.6 Å². The number of benzene rings is 7. The maximum atomic E-state index is 2.62. The molecule has 0 saturated heterocycles. The lowest BCUT2D eigenvalue weighted by Gasteiger charge is -2.42. The van der Waals surface area contributed by atoms with Crippen molar-refractivity contribution in [3.05, 3.63) is 150 Å². The summed E-state index contributed by atoms with van der Waals surface area (Å²) < 4.78 is 2.62. The van der Waals surface area contributed by atoms with Crippen LogP contribution >= 0.6 is 0 Å². The summed E-state index contributed by atoms with van der Waals surface area (Å²) in [5.74, 6) is 0. The number of aromatic nitrogens is 1. The van der Waals surface area contributed by atoms with Crippen molar-refractivity contribution in [1.82, 2.24) is 4.57 Å². The first-order valence-electron chi connectivity index (χ1n) is 16.1. The fourth-order valence-electron chi connectivity index (χ4n) is 8.97. The smallest absolute Gasteiger partial charge is 0.0582 e. The molecule has 0 fully saturated rings. The minimum atomic E-state index is -0.160. The van der Waals surface area contributed by atoms with Crippen LogP contribution in [0, 0.1) is 0 Å². The van der Waals surface area contributed by atoms with Crippen LogP contribution in [0.25, 0.3) is 71.3 Å². The molecule has 0 unspecified atom stereocenters. The van der Waals surface area contributed by atoms with Gasteiger partial charge in [-0.15, -0.1) is 0 Å². The first kappa shape index (κ1) is 25.2. The van der Waals surface area contributed by atoms with Crippen molar-refractivity contribution in [3.63, 3.8) is 0 Å². The van der Waals surface area contributed by atoms with Gasteiger partial charge in [0.1, 0.15) is 0 Å². The van der Waals surface area contributed by atoms with E-state index in [9.17, 15) is 0 Å². The zero-order chi connectivity index (χ0) is 30.2. The van der Waals surface area contributed by atoms with Crippen molar-refractivity contribution in [1.29, 1.82) is 0 Å². The van der Waals surface area contributed by atoms with Crippen molar-refractivity contribution >= 4 is 43.4 Å². The van der Waals surface area contributed by atoms with Crippen LogP contribution in [0.15, 0.2) is 127 Å². The Morgan fingerprint density at radius 1 is 0.378 bits per heavy atom. The molecule has 7 aromatic carbocycles. The van der Waals surface area contributed by atoms with Gasteiger partial charge < -0.3 is 4.57 Å². The van der Waals surface area contributed by atoms with Crippen LogP contribution in [0.5, 0.6) is 0 Å². The third-order valence-corrected chi connectivity index (χ3v) is 11.1. The Balaban J connectivity index is 1.39. The van der Waals surface area contributed by atoms with E-state index in [1.54, 1.807) is 0 Å². The lowest BCUT2D eigenvalue weighted by Crippen LogP contribution is -2.33. The van der Waals surface area contributed by atoms with E-state index in [4.69, 9.17) is 0 Å². The fraction of sp³-hybridized carbons (Fsp3) is 0.136. The molecule has 0 bridgehead atoms. The van der Waals surface area contributed by atoms with Crippen LogP contribution in [-0.4, -0.2) is 4.57 Å². The summed E-state index contributed by atoms with van der Waals surface area (Å²) in [5.41, 5.74) is 14.7. The standard InChI is InChI=1S/C44H33N/c1-43(2)34-22-12-20-32-33-21-13-23-35-41(33)45(40(32)34)42-36(43)24-27(25-37(42)44(35,3)4)39-30-18-10-8-16-28(30)38(26-14-6-5-7-15-26)29-17-9-11-19-31(29)39/h5-25H,1-4H3. The Kier molecular flexibility index (Phi) is 4.66. The van der Waals surface area contributed by atoms with E-state index < -0.39 is 0 Å². The zero-order valence-electron chi connectivity index (χ0n) is 26.1. The van der Waals surface area contributed by atoms with Crippen LogP contribution in [0.2, 0.25) is 0 Å². The molecule has 10 rings (SSSR count). The van der Waals surface area contributed by atoms with Gasteiger partial charge in [-0.2, -0.15) is 0 Å². The van der Waals surface area contributed by atoms with Gasteiger partial charge in [-0.25, -0.2) is 0 Å². The predicted molar refractivity (Wildman–Crippen MR) is 191 cm³/mol. The quantitative estimate of drug-likeness (QED) is 0.181. The Morgan fingerprint density at radius 3 is 1.24 bits per heavy atom. The molecule has 214 valence electrons. The van der Waals surface area contributed by atoms with Crippen molar-refractivity contribution in [2.75, 3.05) is 0 Å². The second-order valence-electron chi connectivity index (χ2n) is 14.1. The highest BCUT2D eigenvalue weighted by atomic mass is 15.0. The third kappa shape index (κ3) is 2.99. The van der Waals surface area contributed by atoms with Gasteiger partial charge in [0.25, 0.3) is 0 Å². The number of hydrogen-bond donors (Lipinski definition) is 0. The molecule has 1 aromatic heterocycles. The van der Waals surface area contributed by atoms with E-state index in [-0.39, 0.29) is 10.8 Å². The van der Waals surface area contributed by atoms with Crippen LogP contribution in [-0.2, 0) is 10.8 Å².